The van der Waals surface area contributed by atoms with Crippen molar-refractivity contribution in [2.75, 3.05) is 0 Å². The van der Waals surface area contributed by atoms with Gasteiger partial charge in [0.15, 0.2) is 0 Å². The highest BCUT2D eigenvalue weighted by molar-refractivity contribution is 8.51. The lowest BCUT2D eigenvalue weighted by Gasteiger charge is -2.20. The van der Waals surface area contributed by atoms with Crippen LogP contribution in [0.2, 0.25) is 0 Å². The Labute approximate surface area is 457 Å². The lowest BCUT2D eigenvalue weighted by atomic mass is 9.84. The third kappa shape index (κ3) is 6.49. The molecule has 0 bridgehead atoms. The zero-order valence-corrected chi connectivity index (χ0v) is 47.4. The van der Waals surface area contributed by atoms with Crippen LogP contribution in [0.3, 0.4) is 0 Å². The van der Waals surface area contributed by atoms with Crippen LogP contribution in [0.25, 0.3) is 50.1 Å². The first kappa shape index (κ1) is 42.6. The average molecular weight is 1170 g/mol. The van der Waals surface area contributed by atoms with Crippen LogP contribution in [0.1, 0.15) is 33.4 Å². The standard InChI is InChI=1S/C48H18S18/c1-4-10-22-19(7-1)25-31(28(22)34-55-43-44(56-34)62-40(61-43)37-49-13-14-50-37)26-21-9-3-6-12-24(21)30(36-59-47-48(60-36)66-42(65-47)39-53-17-18-54-39)33(26)27-20-8-2-5-11-23(20)29(32(25)27)35-57-45-46(58-35)64-41(63-45)38-51-15-16-52-38/h1-18H. The molecule has 0 saturated heterocycles. The molecule has 18 heteroatoms. The molecule has 4 aromatic carbocycles. The van der Waals surface area contributed by atoms with Crippen LogP contribution in [0.4, 0.5) is 0 Å². The molecule has 0 amide bonds. The van der Waals surface area contributed by atoms with E-state index >= 15 is 0 Å². The van der Waals surface area contributed by atoms with Crippen molar-refractivity contribution in [3.05, 3.63) is 202 Å². The molecule has 0 aromatic heterocycles. The van der Waals surface area contributed by atoms with Gasteiger partial charge in [0.05, 0.1) is 63.6 Å². The first-order valence-electron chi connectivity index (χ1n) is 20.0. The van der Waals surface area contributed by atoms with Gasteiger partial charge in [0.25, 0.3) is 0 Å². The number of hydrogen-bond acceptors (Lipinski definition) is 18. The minimum absolute atomic E-state index is 1.36. The van der Waals surface area contributed by atoms with Crippen LogP contribution in [0.15, 0.2) is 169 Å². The minimum Gasteiger partial charge on any atom is -0.0884 e. The normalized spacial score (nSPS) is 22.5. The van der Waals surface area contributed by atoms with Crippen molar-refractivity contribution in [1.82, 2.24) is 0 Å². The van der Waals surface area contributed by atoms with Gasteiger partial charge in [-0.1, -0.05) is 285 Å². The zero-order chi connectivity index (χ0) is 42.8. The fraction of sp³-hybridized carbons (Fsp3) is 0. The Hall–Kier alpha value is 0.0600. The third-order valence-electron chi connectivity index (χ3n) is 11.7. The summed E-state index contributed by atoms with van der Waals surface area (Å²) in [6.07, 6.45) is 0. The summed E-state index contributed by atoms with van der Waals surface area (Å²) in [5, 5.41) is 13.3. The fourth-order valence-electron chi connectivity index (χ4n) is 9.33. The molecule has 0 nitrogen and oxygen atoms in total. The number of benzene rings is 4. The van der Waals surface area contributed by atoms with Gasteiger partial charge in [0.2, 0.25) is 0 Å². The van der Waals surface area contributed by atoms with E-state index in [1.54, 1.807) is 0 Å². The van der Waals surface area contributed by atoms with Crippen molar-refractivity contribution in [1.29, 1.82) is 0 Å². The zero-order valence-electron chi connectivity index (χ0n) is 32.7. The van der Waals surface area contributed by atoms with Crippen LogP contribution in [-0.4, -0.2) is 0 Å². The Morgan fingerprint density at radius 2 is 0.379 bits per heavy atom. The van der Waals surface area contributed by atoms with Crippen LogP contribution in [0, 0.1) is 0 Å². The lowest BCUT2D eigenvalue weighted by Crippen LogP contribution is -1.98. The van der Waals surface area contributed by atoms with E-state index in [9.17, 15) is 0 Å². The van der Waals surface area contributed by atoms with Gasteiger partial charge < -0.3 is 0 Å². The maximum Gasteiger partial charge on any atom is 0.0717 e. The van der Waals surface area contributed by atoms with Crippen molar-refractivity contribution < 1.29 is 0 Å². The smallest absolute Gasteiger partial charge is 0.0717 e. The summed E-state index contributed by atoms with van der Waals surface area (Å²) < 4.78 is 21.4. The van der Waals surface area contributed by atoms with Gasteiger partial charge >= 0.3 is 0 Å². The summed E-state index contributed by atoms with van der Waals surface area (Å²) in [5.41, 5.74) is 20.9. The summed E-state index contributed by atoms with van der Waals surface area (Å²) in [6, 6.07) is 28.2. The first-order valence-corrected chi connectivity index (χ1v) is 35.1. The molecule has 0 N–H and O–H groups in total. The molecule has 9 heterocycles. The van der Waals surface area contributed by atoms with E-state index in [1.807, 2.05) is 212 Å². The van der Waals surface area contributed by atoms with Gasteiger partial charge in [-0.3, -0.25) is 0 Å². The van der Waals surface area contributed by atoms with Gasteiger partial charge in [0.1, 0.15) is 0 Å². The van der Waals surface area contributed by atoms with Crippen LogP contribution in [0.5, 0.6) is 0 Å². The molecule has 12 aliphatic rings. The Balaban J connectivity index is 0.938. The molecule has 0 fully saturated rings. The maximum atomic E-state index is 2.43. The maximum absolute atomic E-state index is 2.43. The van der Waals surface area contributed by atoms with Gasteiger partial charge in [-0.15, -0.1) is 0 Å². The predicted molar refractivity (Wildman–Crippen MR) is 327 cm³/mol. The largest absolute Gasteiger partial charge is 0.0884 e. The second-order valence-corrected chi connectivity index (χ2v) is 36.7. The lowest BCUT2D eigenvalue weighted by molar-refractivity contribution is 1.58. The van der Waals surface area contributed by atoms with E-state index in [0.29, 0.717) is 0 Å². The fourth-order valence-corrected chi connectivity index (χ4v) is 35.2. The molecule has 9 aliphatic heterocycles. The molecule has 0 atom stereocenters. The Morgan fingerprint density at radius 3 is 0.621 bits per heavy atom. The SMILES string of the molecule is C1=CSC(=C2SC3=C(S2)SC(=C2c4ccccc4-c4c2c2c(c5c4C(=C4SC6=C(SC(=C7SC=CS7)S6)S4)c4ccccc4-5)C(=C4SC5=C(SC(=C6SC=CS6)S5)S4)c4ccccc4-2)S3)S1. The van der Waals surface area contributed by atoms with Crippen LogP contribution < -0.4 is 0 Å². The highest BCUT2D eigenvalue weighted by atomic mass is 32.3. The monoisotopic (exact) mass is 1170 g/mol. The van der Waals surface area contributed by atoms with Crippen LogP contribution in [-0.2, 0) is 0 Å². The summed E-state index contributed by atoms with van der Waals surface area (Å²) in [7, 11) is 0. The van der Waals surface area contributed by atoms with Gasteiger partial charge in [0, 0.05) is 33.4 Å². The number of hydrogen-bond donors (Lipinski definition) is 0. The molecule has 318 valence electrons. The van der Waals surface area contributed by atoms with Gasteiger partial charge in [-0.05, 0) is 82.5 Å². The molecule has 3 aliphatic carbocycles. The molecular weight excluding hydrogens is 1150 g/mol. The Kier molecular flexibility index (Phi) is 10.8. The Bertz CT molecular complexity index is 3050. The third-order valence-corrected chi connectivity index (χ3v) is 36.5. The van der Waals surface area contributed by atoms with Crippen molar-refractivity contribution in [3.8, 4) is 33.4 Å². The molecule has 4 aromatic rings. The second-order valence-electron chi connectivity index (χ2n) is 15.1. The molecule has 0 saturated carbocycles. The highest BCUT2D eigenvalue weighted by Gasteiger charge is 2.48. The molecular formula is C48H18S18. The quantitative estimate of drug-likeness (QED) is 0.141. The number of thioether (sulfide) groups is 18. The minimum atomic E-state index is 1.36. The highest BCUT2D eigenvalue weighted by Crippen LogP contribution is 2.76. The molecule has 66 heavy (non-hydrogen) atoms. The molecule has 16 rings (SSSR count). The van der Waals surface area contributed by atoms with Crippen LogP contribution >= 0.6 is 212 Å². The Morgan fingerprint density at radius 1 is 0.182 bits per heavy atom. The number of rotatable bonds is 0. The molecule has 0 spiro atoms. The van der Waals surface area contributed by atoms with E-state index in [0.717, 1.165) is 0 Å². The van der Waals surface area contributed by atoms with Gasteiger partial charge in [-0.2, -0.15) is 0 Å². The van der Waals surface area contributed by atoms with E-state index in [-0.39, 0.29) is 0 Å². The topological polar surface area (TPSA) is 0 Å². The van der Waals surface area contributed by atoms with E-state index < -0.39 is 0 Å². The van der Waals surface area contributed by atoms with Crippen molar-refractivity contribution >= 4 is 228 Å². The van der Waals surface area contributed by atoms with Crippen molar-refractivity contribution in [2.24, 2.45) is 0 Å². The summed E-state index contributed by atoms with van der Waals surface area (Å²) in [6.45, 7) is 0. The molecule has 0 radical (unpaired) electrons. The average Bonchev–Trinajstić information content (AvgIpc) is 4.15. The van der Waals surface area contributed by atoms with E-state index in [1.165, 1.54) is 147 Å². The summed E-state index contributed by atoms with van der Waals surface area (Å²) in [4.78, 5) is 0. The summed E-state index contributed by atoms with van der Waals surface area (Å²) in [5.74, 6) is 0. The molecule has 0 unspecified atom stereocenters. The summed E-state index contributed by atoms with van der Waals surface area (Å²) >= 11 is 35.2. The second kappa shape index (κ2) is 16.8. The van der Waals surface area contributed by atoms with E-state index in [2.05, 4.69) is 105 Å². The van der Waals surface area contributed by atoms with E-state index in [4.69, 9.17) is 0 Å². The van der Waals surface area contributed by atoms with Gasteiger partial charge in [-0.25, -0.2) is 0 Å². The number of fused-ring (bicyclic) bond motifs is 12. The predicted octanol–water partition coefficient (Wildman–Crippen LogP) is 22.3. The van der Waals surface area contributed by atoms with Crippen molar-refractivity contribution in [3.63, 3.8) is 0 Å². The van der Waals surface area contributed by atoms with Crippen molar-refractivity contribution in [2.45, 2.75) is 0 Å². The first-order chi connectivity index (χ1) is 32.7.